The SMILES string of the molecule is O=C(NCc1cccc(C2CNC2)c1)OC1CCN(O)C1. The number of nitrogens with one attached hydrogen (secondary N) is 2. The lowest BCUT2D eigenvalue weighted by atomic mass is 9.92. The Labute approximate surface area is 124 Å². The van der Waals surface area contributed by atoms with Gasteiger partial charge >= 0.3 is 6.09 Å². The molecule has 2 aliphatic heterocycles. The van der Waals surface area contributed by atoms with Crippen LogP contribution in [0.4, 0.5) is 4.79 Å². The lowest BCUT2D eigenvalue weighted by Crippen LogP contribution is -2.39. The van der Waals surface area contributed by atoms with E-state index in [1.54, 1.807) is 0 Å². The zero-order valence-electron chi connectivity index (χ0n) is 11.9. The van der Waals surface area contributed by atoms with Crippen molar-refractivity contribution in [3.63, 3.8) is 0 Å². The number of carbonyl (C=O) groups excluding carboxylic acids is 1. The Kier molecular flexibility index (Phi) is 4.38. The van der Waals surface area contributed by atoms with Crippen LogP contribution in [0.2, 0.25) is 0 Å². The first-order valence-electron chi connectivity index (χ1n) is 7.38. The van der Waals surface area contributed by atoms with Crippen molar-refractivity contribution in [2.45, 2.75) is 25.0 Å². The second-order valence-corrected chi connectivity index (χ2v) is 5.68. The van der Waals surface area contributed by atoms with Gasteiger partial charge < -0.3 is 20.6 Å². The number of benzene rings is 1. The van der Waals surface area contributed by atoms with Crippen LogP contribution in [0.3, 0.4) is 0 Å². The molecule has 3 rings (SSSR count). The number of carbonyl (C=O) groups is 1. The van der Waals surface area contributed by atoms with Crippen LogP contribution in [-0.2, 0) is 11.3 Å². The van der Waals surface area contributed by atoms with E-state index in [1.807, 2.05) is 12.1 Å². The van der Waals surface area contributed by atoms with Gasteiger partial charge in [-0.25, -0.2) is 4.79 Å². The molecular weight excluding hydrogens is 270 g/mol. The topological polar surface area (TPSA) is 73.8 Å². The summed E-state index contributed by atoms with van der Waals surface area (Å²) >= 11 is 0. The van der Waals surface area contributed by atoms with Crippen molar-refractivity contribution < 1.29 is 14.7 Å². The van der Waals surface area contributed by atoms with Gasteiger partial charge in [0.1, 0.15) is 6.10 Å². The molecule has 0 radical (unpaired) electrons. The minimum atomic E-state index is -0.425. The summed E-state index contributed by atoms with van der Waals surface area (Å²) in [6.07, 6.45) is 0.0297. The predicted octanol–water partition coefficient (Wildman–Crippen LogP) is 1.06. The molecule has 3 N–H and O–H groups in total. The van der Waals surface area contributed by atoms with Crippen LogP contribution >= 0.6 is 0 Å². The van der Waals surface area contributed by atoms with Crippen molar-refractivity contribution in [2.24, 2.45) is 0 Å². The molecule has 114 valence electrons. The molecule has 1 aromatic rings. The molecule has 0 aliphatic carbocycles. The third kappa shape index (κ3) is 3.72. The van der Waals surface area contributed by atoms with E-state index in [0.717, 1.165) is 18.7 Å². The Morgan fingerprint density at radius 2 is 2.33 bits per heavy atom. The number of ether oxygens (including phenoxy) is 1. The molecule has 1 atom stereocenters. The number of rotatable bonds is 4. The van der Waals surface area contributed by atoms with Gasteiger partial charge in [-0.2, -0.15) is 5.06 Å². The molecule has 0 spiro atoms. The van der Waals surface area contributed by atoms with Gasteiger partial charge in [-0.15, -0.1) is 0 Å². The number of nitrogens with zero attached hydrogens (tertiary/aromatic N) is 1. The highest BCUT2D eigenvalue weighted by atomic mass is 16.6. The number of amides is 1. The van der Waals surface area contributed by atoms with Crippen LogP contribution in [0.25, 0.3) is 0 Å². The standard InChI is InChI=1S/C15H21N3O3/c19-15(21-14-4-5-18(20)10-14)17-7-11-2-1-3-12(6-11)13-8-16-9-13/h1-3,6,13-14,16,20H,4-5,7-10H2,(H,17,19). The molecule has 2 heterocycles. The van der Waals surface area contributed by atoms with E-state index in [4.69, 9.17) is 4.74 Å². The minimum Gasteiger partial charge on any atom is -0.445 e. The number of alkyl carbamates (subject to hydrolysis) is 1. The van der Waals surface area contributed by atoms with Crippen LogP contribution in [-0.4, -0.2) is 48.6 Å². The highest BCUT2D eigenvalue weighted by Gasteiger charge is 2.24. The van der Waals surface area contributed by atoms with Crippen LogP contribution in [0, 0.1) is 0 Å². The summed E-state index contributed by atoms with van der Waals surface area (Å²) in [4.78, 5) is 11.7. The van der Waals surface area contributed by atoms with Crippen molar-refractivity contribution in [2.75, 3.05) is 26.2 Å². The summed E-state index contributed by atoms with van der Waals surface area (Å²) in [6.45, 7) is 3.45. The summed E-state index contributed by atoms with van der Waals surface area (Å²) in [5, 5.41) is 16.4. The maximum atomic E-state index is 11.7. The molecule has 0 saturated carbocycles. The van der Waals surface area contributed by atoms with Crippen LogP contribution in [0.5, 0.6) is 0 Å². The van der Waals surface area contributed by atoms with E-state index >= 15 is 0 Å². The molecule has 1 amide bonds. The van der Waals surface area contributed by atoms with E-state index in [9.17, 15) is 10.0 Å². The summed E-state index contributed by atoms with van der Waals surface area (Å²) in [7, 11) is 0. The normalized spacial score (nSPS) is 22.8. The average Bonchev–Trinajstić information content (AvgIpc) is 2.80. The van der Waals surface area contributed by atoms with Crippen molar-refractivity contribution in [3.8, 4) is 0 Å². The molecule has 0 bridgehead atoms. The van der Waals surface area contributed by atoms with Gasteiger partial charge in [-0.1, -0.05) is 24.3 Å². The van der Waals surface area contributed by atoms with E-state index < -0.39 is 6.09 Å². The quantitative estimate of drug-likeness (QED) is 0.773. The van der Waals surface area contributed by atoms with E-state index in [-0.39, 0.29) is 6.10 Å². The second-order valence-electron chi connectivity index (χ2n) is 5.68. The fourth-order valence-electron chi connectivity index (χ4n) is 2.66. The molecular formula is C15H21N3O3. The Balaban J connectivity index is 1.47. The highest BCUT2D eigenvalue weighted by molar-refractivity contribution is 5.67. The summed E-state index contributed by atoms with van der Waals surface area (Å²) in [5.74, 6) is 0.589. The number of hydrogen-bond acceptors (Lipinski definition) is 5. The largest absolute Gasteiger partial charge is 0.445 e. The smallest absolute Gasteiger partial charge is 0.407 e. The fourth-order valence-corrected chi connectivity index (χ4v) is 2.66. The molecule has 2 fully saturated rings. The first kappa shape index (κ1) is 14.3. The minimum absolute atomic E-state index is 0.220. The van der Waals surface area contributed by atoms with Gasteiger partial charge in [0, 0.05) is 38.5 Å². The molecule has 1 aromatic carbocycles. The van der Waals surface area contributed by atoms with Gasteiger partial charge in [-0.3, -0.25) is 0 Å². The Bertz CT molecular complexity index is 505. The van der Waals surface area contributed by atoms with E-state index in [1.165, 1.54) is 10.6 Å². The van der Waals surface area contributed by atoms with Gasteiger partial charge in [0.25, 0.3) is 0 Å². The summed E-state index contributed by atoms with van der Waals surface area (Å²) < 4.78 is 5.25. The molecule has 6 heteroatoms. The first-order valence-corrected chi connectivity index (χ1v) is 7.38. The average molecular weight is 291 g/mol. The maximum Gasteiger partial charge on any atom is 0.407 e. The van der Waals surface area contributed by atoms with Crippen molar-refractivity contribution in [1.82, 2.24) is 15.7 Å². The first-order chi connectivity index (χ1) is 10.2. The fraction of sp³-hybridized carbons (Fsp3) is 0.533. The van der Waals surface area contributed by atoms with Crippen molar-refractivity contribution >= 4 is 6.09 Å². The van der Waals surface area contributed by atoms with Gasteiger partial charge in [0.05, 0.1) is 6.54 Å². The third-order valence-corrected chi connectivity index (χ3v) is 4.04. The Morgan fingerprint density at radius 3 is 3.00 bits per heavy atom. The van der Waals surface area contributed by atoms with E-state index in [2.05, 4.69) is 22.8 Å². The van der Waals surface area contributed by atoms with Crippen LogP contribution in [0.1, 0.15) is 23.5 Å². The lowest BCUT2D eigenvalue weighted by Gasteiger charge is -2.27. The molecule has 21 heavy (non-hydrogen) atoms. The number of hydroxylamine groups is 2. The van der Waals surface area contributed by atoms with Crippen LogP contribution < -0.4 is 10.6 Å². The van der Waals surface area contributed by atoms with Crippen molar-refractivity contribution in [3.05, 3.63) is 35.4 Å². The van der Waals surface area contributed by atoms with Crippen LogP contribution in [0.15, 0.2) is 24.3 Å². The van der Waals surface area contributed by atoms with E-state index in [0.29, 0.717) is 32.0 Å². The molecule has 1 unspecified atom stereocenters. The second kappa shape index (κ2) is 6.43. The maximum absolute atomic E-state index is 11.7. The third-order valence-electron chi connectivity index (χ3n) is 4.04. The molecule has 2 aliphatic rings. The van der Waals surface area contributed by atoms with Gasteiger partial charge in [0.15, 0.2) is 0 Å². The summed E-state index contributed by atoms with van der Waals surface area (Å²) in [6, 6.07) is 8.29. The Hall–Kier alpha value is -1.63. The highest BCUT2D eigenvalue weighted by Crippen LogP contribution is 2.20. The summed E-state index contributed by atoms with van der Waals surface area (Å²) in [5.41, 5.74) is 2.39. The zero-order valence-corrected chi connectivity index (χ0v) is 11.9. The van der Waals surface area contributed by atoms with Crippen molar-refractivity contribution in [1.29, 1.82) is 0 Å². The lowest BCUT2D eigenvalue weighted by molar-refractivity contribution is -0.0765. The zero-order chi connectivity index (χ0) is 14.7. The molecule has 2 saturated heterocycles. The predicted molar refractivity (Wildman–Crippen MR) is 77.1 cm³/mol. The Morgan fingerprint density at radius 1 is 1.48 bits per heavy atom. The van der Waals surface area contributed by atoms with Gasteiger partial charge in [-0.05, 0) is 11.1 Å². The monoisotopic (exact) mass is 291 g/mol. The van der Waals surface area contributed by atoms with Gasteiger partial charge in [0.2, 0.25) is 0 Å². The number of hydrogen-bond donors (Lipinski definition) is 3. The molecule has 6 nitrogen and oxygen atoms in total. The molecule has 0 aromatic heterocycles.